The Morgan fingerprint density at radius 1 is 1.47 bits per heavy atom. The van der Waals surface area contributed by atoms with E-state index >= 15 is 0 Å². The minimum absolute atomic E-state index is 0.0147. The lowest BCUT2D eigenvalue weighted by Gasteiger charge is -2.20. The minimum Gasteiger partial charge on any atom is -0.395 e. The number of benzene rings is 1. The first kappa shape index (κ1) is 15.5. The number of nitrogens with zero attached hydrogens (tertiary/aromatic N) is 2. The number of hydrogen-bond acceptors (Lipinski definition) is 5. The van der Waals surface area contributed by atoms with Gasteiger partial charge in [-0.05, 0) is 11.6 Å². The van der Waals surface area contributed by atoms with Gasteiger partial charge in [-0.25, -0.2) is 0 Å². The molecule has 0 bridgehead atoms. The molecule has 1 N–H and O–H groups in total. The molecule has 7 heteroatoms. The van der Waals surface area contributed by atoms with Gasteiger partial charge >= 0.3 is 5.69 Å². The van der Waals surface area contributed by atoms with E-state index < -0.39 is 16.4 Å². The molecule has 0 radical (unpaired) electrons. The van der Waals surface area contributed by atoms with Crippen LogP contribution >= 0.6 is 0 Å². The van der Waals surface area contributed by atoms with Gasteiger partial charge in [0.05, 0.1) is 18.1 Å². The van der Waals surface area contributed by atoms with Crippen molar-refractivity contribution in [3.8, 4) is 0 Å². The number of rotatable bonds is 8. The van der Waals surface area contributed by atoms with E-state index in [2.05, 4.69) is 0 Å². The van der Waals surface area contributed by atoms with Crippen molar-refractivity contribution < 1.29 is 19.2 Å². The van der Waals surface area contributed by atoms with Crippen molar-refractivity contribution >= 4 is 5.69 Å². The normalized spacial score (nSPS) is 10.9. The average Bonchev–Trinajstić information content (AvgIpc) is 2.36. The number of hydrogen-bond donors (Lipinski definition) is 1. The molecule has 19 heavy (non-hydrogen) atoms. The van der Waals surface area contributed by atoms with Gasteiger partial charge in [-0.1, -0.05) is 6.07 Å². The predicted octanol–water partition coefficient (Wildman–Crippen LogP) is 1.17. The Labute approximate surface area is 110 Å². The highest BCUT2D eigenvalue weighted by atomic mass is 19.1. The van der Waals surface area contributed by atoms with Crippen molar-refractivity contribution in [2.24, 2.45) is 0 Å². The lowest BCUT2D eigenvalue weighted by molar-refractivity contribution is -0.387. The predicted molar refractivity (Wildman–Crippen MR) is 67.3 cm³/mol. The van der Waals surface area contributed by atoms with Crippen LogP contribution in [0.15, 0.2) is 18.2 Å². The second kappa shape index (κ2) is 7.78. The van der Waals surface area contributed by atoms with Crippen molar-refractivity contribution in [2.75, 3.05) is 33.4 Å². The van der Waals surface area contributed by atoms with Crippen LogP contribution in [0.25, 0.3) is 0 Å². The Morgan fingerprint density at radius 2 is 2.21 bits per heavy atom. The van der Waals surface area contributed by atoms with E-state index in [-0.39, 0.29) is 6.61 Å². The topological polar surface area (TPSA) is 75.8 Å². The molecule has 0 aromatic heterocycles. The summed E-state index contributed by atoms with van der Waals surface area (Å²) in [5.74, 6) is -0.849. The molecule has 0 aliphatic heterocycles. The highest BCUT2D eigenvalue weighted by Crippen LogP contribution is 2.18. The van der Waals surface area contributed by atoms with Crippen molar-refractivity contribution in [3.05, 3.63) is 39.7 Å². The molecule has 0 spiro atoms. The fourth-order valence-corrected chi connectivity index (χ4v) is 1.69. The van der Waals surface area contributed by atoms with Crippen LogP contribution in [0, 0.1) is 15.9 Å². The first-order valence-electron chi connectivity index (χ1n) is 5.83. The van der Waals surface area contributed by atoms with Crippen LogP contribution in [0.4, 0.5) is 10.1 Å². The van der Waals surface area contributed by atoms with Gasteiger partial charge in [-0.3, -0.25) is 15.0 Å². The van der Waals surface area contributed by atoms with Crippen LogP contribution in [0.5, 0.6) is 0 Å². The van der Waals surface area contributed by atoms with Crippen LogP contribution in [-0.4, -0.2) is 48.3 Å². The molecule has 0 aliphatic carbocycles. The van der Waals surface area contributed by atoms with Crippen LogP contribution in [0.1, 0.15) is 5.56 Å². The first-order chi connectivity index (χ1) is 9.08. The molecule has 0 unspecified atom stereocenters. The first-order valence-corrected chi connectivity index (χ1v) is 5.83. The summed E-state index contributed by atoms with van der Waals surface area (Å²) in [4.78, 5) is 11.6. The van der Waals surface area contributed by atoms with Crippen molar-refractivity contribution in [1.82, 2.24) is 4.90 Å². The zero-order valence-electron chi connectivity index (χ0n) is 10.7. The van der Waals surface area contributed by atoms with Crippen molar-refractivity contribution in [3.63, 3.8) is 0 Å². The van der Waals surface area contributed by atoms with E-state index in [9.17, 15) is 14.5 Å². The fourth-order valence-electron chi connectivity index (χ4n) is 1.69. The summed E-state index contributed by atoms with van der Waals surface area (Å²) in [5, 5.41) is 19.4. The molecule has 1 rings (SSSR count). The SMILES string of the molecule is COCCN(CCO)Cc1ccc([N+](=O)[O-])c(F)c1. The summed E-state index contributed by atoms with van der Waals surface area (Å²) in [6.07, 6.45) is 0. The smallest absolute Gasteiger partial charge is 0.304 e. The van der Waals surface area contributed by atoms with Crippen LogP contribution < -0.4 is 0 Å². The largest absolute Gasteiger partial charge is 0.395 e. The summed E-state index contributed by atoms with van der Waals surface area (Å²) >= 11 is 0. The van der Waals surface area contributed by atoms with Crippen LogP contribution in [0.2, 0.25) is 0 Å². The molecule has 0 amide bonds. The second-order valence-corrected chi connectivity index (χ2v) is 4.04. The van der Waals surface area contributed by atoms with E-state index in [4.69, 9.17) is 9.84 Å². The van der Waals surface area contributed by atoms with Crippen LogP contribution in [-0.2, 0) is 11.3 Å². The van der Waals surface area contributed by atoms with Gasteiger partial charge in [0.1, 0.15) is 0 Å². The summed E-state index contributed by atoms with van der Waals surface area (Å²) in [7, 11) is 1.57. The molecular weight excluding hydrogens is 255 g/mol. The summed E-state index contributed by atoms with van der Waals surface area (Å²) in [6, 6.07) is 3.81. The summed E-state index contributed by atoms with van der Waals surface area (Å²) in [6.45, 7) is 1.91. The van der Waals surface area contributed by atoms with E-state index in [0.717, 1.165) is 12.1 Å². The zero-order chi connectivity index (χ0) is 14.3. The van der Waals surface area contributed by atoms with Gasteiger partial charge < -0.3 is 9.84 Å². The van der Waals surface area contributed by atoms with Gasteiger partial charge in [0.25, 0.3) is 0 Å². The Morgan fingerprint density at radius 3 is 2.74 bits per heavy atom. The molecule has 0 atom stereocenters. The molecule has 106 valence electrons. The van der Waals surface area contributed by atoms with E-state index in [1.54, 1.807) is 7.11 Å². The Hall–Kier alpha value is -1.57. The number of nitro benzene ring substituents is 1. The molecule has 1 aromatic rings. The van der Waals surface area contributed by atoms with Gasteiger partial charge in [0, 0.05) is 32.8 Å². The van der Waals surface area contributed by atoms with Crippen LogP contribution in [0.3, 0.4) is 0 Å². The number of halogens is 1. The third-order valence-corrected chi connectivity index (χ3v) is 2.64. The summed E-state index contributed by atoms with van der Waals surface area (Å²) < 4.78 is 18.4. The number of aliphatic hydroxyl groups excluding tert-OH is 1. The lowest BCUT2D eigenvalue weighted by Crippen LogP contribution is -2.29. The molecule has 0 saturated carbocycles. The Kier molecular flexibility index (Phi) is 6.34. The van der Waals surface area contributed by atoms with Gasteiger partial charge in [-0.2, -0.15) is 4.39 Å². The molecule has 0 saturated heterocycles. The number of nitro groups is 1. The highest BCUT2D eigenvalue weighted by Gasteiger charge is 2.14. The molecule has 6 nitrogen and oxygen atoms in total. The maximum absolute atomic E-state index is 13.5. The zero-order valence-corrected chi connectivity index (χ0v) is 10.7. The average molecular weight is 272 g/mol. The second-order valence-electron chi connectivity index (χ2n) is 4.04. The standard InChI is InChI=1S/C12H17FN2O4/c1-19-7-5-14(4-6-16)9-10-2-3-12(15(17)18)11(13)8-10/h2-3,8,16H,4-7,9H2,1H3. The monoisotopic (exact) mass is 272 g/mol. The molecule has 0 fully saturated rings. The van der Waals surface area contributed by atoms with Gasteiger partial charge in [0.15, 0.2) is 0 Å². The highest BCUT2D eigenvalue weighted by molar-refractivity contribution is 5.34. The number of ether oxygens (including phenoxy) is 1. The third kappa shape index (κ3) is 4.90. The van der Waals surface area contributed by atoms with E-state index in [1.807, 2.05) is 4.90 Å². The van der Waals surface area contributed by atoms with Gasteiger partial charge in [-0.15, -0.1) is 0 Å². The van der Waals surface area contributed by atoms with E-state index in [0.29, 0.717) is 31.8 Å². The molecule has 0 heterocycles. The van der Waals surface area contributed by atoms with Crippen molar-refractivity contribution in [1.29, 1.82) is 0 Å². The molecule has 0 aliphatic rings. The molecule has 1 aromatic carbocycles. The van der Waals surface area contributed by atoms with Crippen molar-refractivity contribution in [2.45, 2.75) is 6.54 Å². The van der Waals surface area contributed by atoms with Gasteiger partial charge in [0.2, 0.25) is 5.82 Å². The van der Waals surface area contributed by atoms with E-state index in [1.165, 1.54) is 6.07 Å². The summed E-state index contributed by atoms with van der Waals surface area (Å²) in [5.41, 5.74) is 0.0852. The fraction of sp³-hybridized carbons (Fsp3) is 0.500. The maximum Gasteiger partial charge on any atom is 0.304 e. The Bertz CT molecular complexity index is 428. The lowest BCUT2D eigenvalue weighted by atomic mass is 10.2. The number of aliphatic hydroxyl groups is 1. The maximum atomic E-state index is 13.5. The Balaban J connectivity index is 2.73. The number of methoxy groups -OCH3 is 1. The minimum atomic E-state index is -0.849. The third-order valence-electron chi connectivity index (χ3n) is 2.64. The molecular formula is C12H17FN2O4. The quantitative estimate of drug-likeness (QED) is 0.568.